The molecule has 2 nitrogen and oxygen atoms in total. The molecule has 0 aliphatic heterocycles. The minimum atomic E-state index is -0.176. The SMILES string of the molecule is C=C(CC)[C@@H](C=O)N(C)Cc1ccccc1. The number of carbonyl (C=O) groups excluding carboxylic acids is 1. The molecule has 0 bridgehead atoms. The Kier molecular flexibility index (Phi) is 4.93. The first-order valence-electron chi connectivity index (χ1n) is 5.56. The number of aldehydes is 1. The molecule has 86 valence electrons. The van der Waals surface area contributed by atoms with Crippen LogP contribution >= 0.6 is 0 Å². The largest absolute Gasteiger partial charge is 0.301 e. The molecule has 0 fully saturated rings. The van der Waals surface area contributed by atoms with Crippen LogP contribution in [0.25, 0.3) is 0 Å². The Bertz CT molecular complexity index is 345. The molecule has 1 atom stereocenters. The average Bonchev–Trinajstić information content (AvgIpc) is 2.31. The number of hydrogen-bond donors (Lipinski definition) is 0. The van der Waals surface area contributed by atoms with E-state index in [2.05, 4.69) is 18.7 Å². The minimum Gasteiger partial charge on any atom is -0.301 e. The number of hydrogen-bond acceptors (Lipinski definition) is 2. The molecule has 1 aromatic carbocycles. The van der Waals surface area contributed by atoms with Gasteiger partial charge in [-0.25, -0.2) is 0 Å². The van der Waals surface area contributed by atoms with E-state index in [0.29, 0.717) is 0 Å². The number of carbonyl (C=O) groups is 1. The average molecular weight is 217 g/mol. The minimum absolute atomic E-state index is 0.176. The van der Waals surface area contributed by atoms with Gasteiger partial charge in [0.25, 0.3) is 0 Å². The maximum Gasteiger partial charge on any atom is 0.141 e. The van der Waals surface area contributed by atoms with E-state index >= 15 is 0 Å². The van der Waals surface area contributed by atoms with Gasteiger partial charge in [-0.2, -0.15) is 0 Å². The van der Waals surface area contributed by atoms with Gasteiger partial charge in [0.1, 0.15) is 6.29 Å². The number of likely N-dealkylation sites (N-methyl/N-ethyl adjacent to an activating group) is 1. The highest BCUT2D eigenvalue weighted by atomic mass is 16.1. The summed E-state index contributed by atoms with van der Waals surface area (Å²) in [5.74, 6) is 0. The van der Waals surface area contributed by atoms with Gasteiger partial charge in [-0.15, -0.1) is 0 Å². The van der Waals surface area contributed by atoms with E-state index in [1.165, 1.54) is 5.56 Å². The second kappa shape index (κ2) is 6.23. The molecule has 0 saturated heterocycles. The molecule has 0 saturated carbocycles. The van der Waals surface area contributed by atoms with Gasteiger partial charge in [0.15, 0.2) is 0 Å². The summed E-state index contributed by atoms with van der Waals surface area (Å²) in [5.41, 5.74) is 2.18. The summed E-state index contributed by atoms with van der Waals surface area (Å²) in [6.07, 6.45) is 1.80. The first kappa shape index (κ1) is 12.7. The highest BCUT2D eigenvalue weighted by Gasteiger charge is 2.15. The number of benzene rings is 1. The Labute approximate surface area is 97.6 Å². The third kappa shape index (κ3) is 3.31. The lowest BCUT2D eigenvalue weighted by molar-refractivity contribution is -0.111. The summed E-state index contributed by atoms with van der Waals surface area (Å²) in [6.45, 7) is 6.72. The Balaban J connectivity index is 2.66. The first-order chi connectivity index (χ1) is 7.69. The van der Waals surface area contributed by atoms with Crippen LogP contribution < -0.4 is 0 Å². The maximum absolute atomic E-state index is 11.0. The van der Waals surface area contributed by atoms with Crippen LogP contribution in [0.5, 0.6) is 0 Å². The van der Waals surface area contributed by atoms with Gasteiger partial charge in [0.2, 0.25) is 0 Å². The van der Waals surface area contributed by atoms with E-state index in [0.717, 1.165) is 24.8 Å². The van der Waals surface area contributed by atoms with Crippen molar-refractivity contribution in [1.29, 1.82) is 0 Å². The van der Waals surface area contributed by atoms with Crippen LogP contribution in [0.2, 0.25) is 0 Å². The van der Waals surface area contributed by atoms with Crippen molar-refractivity contribution >= 4 is 6.29 Å². The highest BCUT2D eigenvalue weighted by Crippen LogP contribution is 2.12. The molecule has 0 amide bonds. The molecule has 0 spiro atoms. The van der Waals surface area contributed by atoms with E-state index in [1.807, 2.05) is 37.1 Å². The standard InChI is InChI=1S/C14H19NO/c1-4-12(2)14(11-16)15(3)10-13-8-6-5-7-9-13/h5-9,11,14H,2,4,10H2,1,3H3/t14-/m1/s1. The van der Waals surface area contributed by atoms with E-state index in [-0.39, 0.29) is 6.04 Å². The summed E-state index contributed by atoms with van der Waals surface area (Å²) >= 11 is 0. The topological polar surface area (TPSA) is 20.3 Å². The van der Waals surface area contributed by atoms with Crippen molar-refractivity contribution in [3.05, 3.63) is 48.0 Å². The molecule has 0 N–H and O–H groups in total. The summed E-state index contributed by atoms with van der Waals surface area (Å²) in [5, 5.41) is 0. The van der Waals surface area contributed by atoms with E-state index < -0.39 is 0 Å². The number of rotatable bonds is 6. The normalized spacial score (nSPS) is 12.4. The molecular weight excluding hydrogens is 198 g/mol. The maximum atomic E-state index is 11.0. The second-order valence-electron chi connectivity index (χ2n) is 3.99. The van der Waals surface area contributed by atoms with Crippen molar-refractivity contribution in [3.63, 3.8) is 0 Å². The smallest absolute Gasteiger partial charge is 0.141 e. The van der Waals surface area contributed by atoms with Gasteiger partial charge >= 0.3 is 0 Å². The molecular formula is C14H19NO. The molecule has 0 aliphatic carbocycles. The molecule has 2 heteroatoms. The molecule has 0 radical (unpaired) electrons. The molecule has 0 aliphatic rings. The first-order valence-corrected chi connectivity index (χ1v) is 5.56. The summed E-state index contributed by atoms with van der Waals surface area (Å²) < 4.78 is 0. The molecule has 0 heterocycles. The fourth-order valence-corrected chi connectivity index (χ4v) is 1.69. The van der Waals surface area contributed by atoms with E-state index in [4.69, 9.17) is 0 Å². The van der Waals surface area contributed by atoms with Crippen LogP contribution in [0.3, 0.4) is 0 Å². The lowest BCUT2D eigenvalue weighted by Gasteiger charge is -2.24. The lowest BCUT2D eigenvalue weighted by atomic mass is 10.1. The Hall–Kier alpha value is -1.41. The zero-order chi connectivity index (χ0) is 12.0. The fraction of sp³-hybridized carbons (Fsp3) is 0.357. The predicted molar refractivity (Wildman–Crippen MR) is 67.2 cm³/mol. The van der Waals surface area contributed by atoms with Crippen molar-refractivity contribution in [3.8, 4) is 0 Å². The van der Waals surface area contributed by atoms with Gasteiger partial charge < -0.3 is 4.79 Å². The van der Waals surface area contributed by atoms with E-state index in [1.54, 1.807) is 0 Å². The molecule has 1 aromatic rings. The Morgan fingerprint density at radius 1 is 1.44 bits per heavy atom. The highest BCUT2D eigenvalue weighted by molar-refractivity contribution is 5.62. The van der Waals surface area contributed by atoms with Crippen LogP contribution in [0.1, 0.15) is 18.9 Å². The monoisotopic (exact) mass is 217 g/mol. The molecule has 0 aromatic heterocycles. The second-order valence-corrected chi connectivity index (χ2v) is 3.99. The van der Waals surface area contributed by atoms with Gasteiger partial charge in [0.05, 0.1) is 6.04 Å². The van der Waals surface area contributed by atoms with Crippen LogP contribution in [0.4, 0.5) is 0 Å². The van der Waals surface area contributed by atoms with Crippen LogP contribution in [-0.4, -0.2) is 24.3 Å². The fourth-order valence-electron chi connectivity index (χ4n) is 1.69. The lowest BCUT2D eigenvalue weighted by Crippen LogP contribution is -2.33. The third-order valence-corrected chi connectivity index (χ3v) is 2.75. The van der Waals surface area contributed by atoms with Crippen LogP contribution in [0, 0.1) is 0 Å². The van der Waals surface area contributed by atoms with Crippen LogP contribution in [0.15, 0.2) is 42.5 Å². The van der Waals surface area contributed by atoms with Crippen molar-refractivity contribution < 1.29 is 4.79 Å². The van der Waals surface area contributed by atoms with Gasteiger partial charge in [0, 0.05) is 6.54 Å². The van der Waals surface area contributed by atoms with Crippen LogP contribution in [-0.2, 0) is 11.3 Å². The Morgan fingerprint density at radius 3 is 2.56 bits per heavy atom. The molecule has 16 heavy (non-hydrogen) atoms. The van der Waals surface area contributed by atoms with Crippen molar-refractivity contribution in [2.24, 2.45) is 0 Å². The summed E-state index contributed by atoms with van der Waals surface area (Å²) in [6, 6.07) is 9.96. The summed E-state index contributed by atoms with van der Waals surface area (Å²) in [7, 11) is 1.95. The van der Waals surface area contributed by atoms with Gasteiger partial charge in [-0.1, -0.05) is 49.4 Å². The zero-order valence-corrected chi connectivity index (χ0v) is 10.0. The van der Waals surface area contributed by atoms with Crippen molar-refractivity contribution in [1.82, 2.24) is 4.90 Å². The van der Waals surface area contributed by atoms with Gasteiger partial charge in [-0.05, 0) is 19.0 Å². The predicted octanol–water partition coefficient (Wildman–Crippen LogP) is 2.65. The summed E-state index contributed by atoms with van der Waals surface area (Å²) in [4.78, 5) is 13.1. The molecule has 0 unspecified atom stereocenters. The van der Waals surface area contributed by atoms with Gasteiger partial charge in [-0.3, -0.25) is 4.90 Å². The van der Waals surface area contributed by atoms with E-state index in [9.17, 15) is 4.79 Å². The zero-order valence-electron chi connectivity index (χ0n) is 10.0. The Morgan fingerprint density at radius 2 is 2.06 bits per heavy atom. The third-order valence-electron chi connectivity index (χ3n) is 2.75. The van der Waals surface area contributed by atoms with Crippen molar-refractivity contribution in [2.75, 3.05) is 7.05 Å². The van der Waals surface area contributed by atoms with Crippen molar-refractivity contribution in [2.45, 2.75) is 25.9 Å². The quantitative estimate of drug-likeness (QED) is 0.539. The molecule has 1 rings (SSSR count). The number of nitrogens with zero attached hydrogens (tertiary/aromatic N) is 1.